The zero-order valence-electron chi connectivity index (χ0n) is 12.3. The second-order valence-electron chi connectivity index (χ2n) is 5.23. The molecule has 0 saturated heterocycles. The predicted molar refractivity (Wildman–Crippen MR) is 91.0 cm³/mol. The van der Waals surface area contributed by atoms with Crippen molar-refractivity contribution in [3.63, 3.8) is 0 Å². The van der Waals surface area contributed by atoms with Crippen LogP contribution in [-0.4, -0.2) is 24.3 Å². The molecule has 0 atom stereocenters. The van der Waals surface area contributed by atoms with Crippen molar-refractivity contribution in [3.05, 3.63) is 71.1 Å². The average Bonchev–Trinajstić information content (AvgIpc) is 2.89. The van der Waals surface area contributed by atoms with Crippen LogP contribution in [0.3, 0.4) is 0 Å². The lowest BCUT2D eigenvalue weighted by molar-refractivity contribution is 0.580. The second-order valence-corrected chi connectivity index (χ2v) is 7.48. The molecule has 3 aromatic rings. The minimum atomic E-state index is -3.35. The lowest BCUT2D eigenvalue weighted by atomic mass is 10.2. The van der Waals surface area contributed by atoms with E-state index in [1.807, 2.05) is 34.9 Å². The van der Waals surface area contributed by atoms with E-state index in [0.717, 1.165) is 16.9 Å². The zero-order valence-corrected chi connectivity index (χ0v) is 13.9. The van der Waals surface area contributed by atoms with Crippen molar-refractivity contribution in [2.75, 3.05) is 6.54 Å². The first-order valence-electron chi connectivity index (χ1n) is 7.16. The number of imidazole rings is 1. The molecule has 0 aliphatic heterocycles. The van der Waals surface area contributed by atoms with Gasteiger partial charge in [-0.3, -0.25) is 0 Å². The summed E-state index contributed by atoms with van der Waals surface area (Å²) in [4.78, 5) is 4.43. The predicted octanol–water partition coefficient (Wildman–Crippen LogP) is 2.65. The number of pyridine rings is 1. The SMILES string of the molecule is O=S(=O)(Cc1ccccc1)NCCc1cn2cc(Cl)ccc2n1. The maximum absolute atomic E-state index is 12.1. The van der Waals surface area contributed by atoms with Crippen LogP contribution in [-0.2, 0) is 22.2 Å². The molecule has 5 nitrogen and oxygen atoms in total. The van der Waals surface area contributed by atoms with Gasteiger partial charge in [0.15, 0.2) is 0 Å². The van der Waals surface area contributed by atoms with Gasteiger partial charge in [0.1, 0.15) is 5.65 Å². The summed E-state index contributed by atoms with van der Waals surface area (Å²) in [6.45, 7) is 0.312. The summed E-state index contributed by atoms with van der Waals surface area (Å²) in [5.74, 6) is -0.0192. The smallest absolute Gasteiger partial charge is 0.215 e. The number of rotatable bonds is 6. The van der Waals surface area contributed by atoms with Crippen LogP contribution in [0.4, 0.5) is 0 Å². The van der Waals surface area contributed by atoms with Gasteiger partial charge in [-0.1, -0.05) is 41.9 Å². The van der Waals surface area contributed by atoms with E-state index in [-0.39, 0.29) is 5.75 Å². The largest absolute Gasteiger partial charge is 0.305 e. The molecule has 7 heteroatoms. The summed E-state index contributed by atoms with van der Waals surface area (Å²) in [6, 6.07) is 12.7. The minimum Gasteiger partial charge on any atom is -0.305 e. The van der Waals surface area contributed by atoms with Crippen LogP contribution in [0, 0.1) is 0 Å². The molecule has 0 amide bonds. The summed E-state index contributed by atoms with van der Waals surface area (Å²) in [5.41, 5.74) is 2.37. The minimum absolute atomic E-state index is 0.0192. The highest BCUT2D eigenvalue weighted by molar-refractivity contribution is 7.88. The maximum atomic E-state index is 12.1. The molecule has 23 heavy (non-hydrogen) atoms. The van der Waals surface area contributed by atoms with E-state index in [9.17, 15) is 8.42 Å². The summed E-state index contributed by atoms with van der Waals surface area (Å²) >= 11 is 5.93. The molecule has 0 aliphatic carbocycles. The first kappa shape index (κ1) is 16.0. The third-order valence-corrected chi connectivity index (χ3v) is 4.95. The lowest BCUT2D eigenvalue weighted by Gasteiger charge is -2.05. The monoisotopic (exact) mass is 349 g/mol. The Hall–Kier alpha value is -1.89. The molecule has 0 fully saturated rings. The number of aromatic nitrogens is 2. The van der Waals surface area contributed by atoms with Gasteiger partial charge in [-0.15, -0.1) is 0 Å². The molecule has 1 aromatic carbocycles. The number of benzene rings is 1. The van der Waals surface area contributed by atoms with E-state index in [1.54, 1.807) is 24.4 Å². The van der Waals surface area contributed by atoms with Crippen molar-refractivity contribution in [2.45, 2.75) is 12.2 Å². The van der Waals surface area contributed by atoms with Crippen molar-refractivity contribution in [1.82, 2.24) is 14.1 Å². The number of hydrogen-bond donors (Lipinski definition) is 1. The molecule has 0 radical (unpaired) electrons. The van der Waals surface area contributed by atoms with Crippen LogP contribution >= 0.6 is 11.6 Å². The number of nitrogens with one attached hydrogen (secondary N) is 1. The van der Waals surface area contributed by atoms with Crippen LogP contribution < -0.4 is 4.72 Å². The normalized spacial score (nSPS) is 11.9. The van der Waals surface area contributed by atoms with Crippen molar-refractivity contribution in [1.29, 1.82) is 0 Å². The highest BCUT2D eigenvalue weighted by Crippen LogP contribution is 2.12. The number of hydrogen-bond acceptors (Lipinski definition) is 3. The van der Waals surface area contributed by atoms with Crippen molar-refractivity contribution in [2.24, 2.45) is 0 Å². The van der Waals surface area contributed by atoms with Crippen LogP contribution in [0.2, 0.25) is 5.02 Å². The molecule has 0 unspecified atom stereocenters. The van der Waals surface area contributed by atoms with Crippen LogP contribution in [0.1, 0.15) is 11.3 Å². The van der Waals surface area contributed by atoms with Gasteiger partial charge in [0.2, 0.25) is 10.0 Å². The molecule has 3 rings (SSSR count). The van der Waals surface area contributed by atoms with Crippen LogP contribution in [0.25, 0.3) is 5.65 Å². The molecule has 0 bridgehead atoms. The molecular weight excluding hydrogens is 334 g/mol. The van der Waals surface area contributed by atoms with E-state index in [1.165, 1.54) is 0 Å². The van der Waals surface area contributed by atoms with E-state index >= 15 is 0 Å². The summed E-state index contributed by atoms with van der Waals surface area (Å²) in [5, 5.41) is 0.630. The van der Waals surface area contributed by atoms with E-state index in [0.29, 0.717) is 18.0 Å². The Bertz CT molecular complexity index is 907. The Morgan fingerprint density at radius 3 is 2.65 bits per heavy atom. The highest BCUT2D eigenvalue weighted by Gasteiger charge is 2.11. The van der Waals surface area contributed by atoms with Gasteiger partial charge < -0.3 is 4.40 Å². The first-order chi connectivity index (χ1) is 11.0. The van der Waals surface area contributed by atoms with E-state index in [4.69, 9.17) is 11.6 Å². The number of fused-ring (bicyclic) bond motifs is 1. The molecule has 120 valence electrons. The lowest BCUT2D eigenvalue weighted by Crippen LogP contribution is -2.27. The van der Waals surface area contributed by atoms with Gasteiger partial charge in [0.25, 0.3) is 0 Å². The zero-order chi connectivity index (χ0) is 16.3. The topological polar surface area (TPSA) is 63.5 Å². The van der Waals surface area contributed by atoms with Gasteiger partial charge in [-0.05, 0) is 17.7 Å². The van der Waals surface area contributed by atoms with Gasteiger partial charge in [0.05, 0.1) is 16.5 Å². The number of halogens is 1. The Balaban J connectivity index is 1.59. The average molecular weight is 350 g/mol. The second kappa shape index (κ2) is 6.70. The third kappa shape index (κ3) is 4.31. The van der Waals surface area contributed by atoms with Gasteiger partial charge in [-0.25, -0.2) is 18.1 Å². The fourth-order valence-corrected chi connectivity index (χ4v) is 3.63. The van der Waals surface area contributed by atoms with E-state index in [2.05, 4.69) is 9.71 Å². The molecular formula is C16H16ClN3O2S. The van der Waals surface area contributed by atoms with Crippen molar-refractivity contribution >= 4 is 27.3 Å². The Kier molecular flexibility index (Phi) is 4.66. The van der Waals surface area contributed by atoms with Crippen molar-refractivity contribution < 1.29 is 8.42 Å². The van der Waals surface area contributed by atoms with Crippen LogP contribution in [0.5, 0.6) is 0 Å². The fraction of sp³-hybridized carbons (Fsp3) is 0.188. The van der Waals surface area contributed by atoms with Crippen molar-refractivity contribution in [3.8, 4) is 0 Å². The summed E-state index contributed by atoms with van der Waals surface area (Å²) < 4.78 is 28.5. The Labute approximate surface area is 140 Å². The van der Waals surface area contributed by atoms with Crippen LogP contribution in [0.15, 0.2) is 54.9 Å². The molecule has 2 heterocycles. The molecule has 0 aliphatic rings. The Morgan fingerprint density at radius 2 is 1.87 bits per heavy atom. The third-order valence-electron chi connectivity index (χ3n) is 3.37. The standard InChI is InChI=1S/C16H16ClN3O2S/c17-14-6-7-16-19-15(11-20(16)10-14)8-9-18-23(21,22)12-13-4-2-1-3-5-13/h1-7,10-11,18H,8-9,12H2. The van der Waals surface area contributed by atoms with E-state index < -0.39 is 10.0 Å². The number of sulfonamides is 1. The molecule has 2 aromatic heterocycles. The summed E-state index contributed by atoms with van der Waals surface area (Å²) in [7, 11) is -3.35. The van der Waals surface area contributed by atoms with Gasteiger partial charge in [-0.2, -0.15) is 0 Å². The maximum Gasteiger partial charge on any atom is 0.215 e. The molecule has 1 N–H and O–H groups in total. The van der Waals surface area contributed by atoms with Gasteiger partial charge >= 0.3 is 0 Å². The summed E-state index contributed by atoms with van der Waals surface area (Å²) in [6.07, 6.45) is 4.15. The van der Waals surface area contributed by atoms with Gasteiger partial charge in [0, 0.05) is 25.4 Å². The fourth-order valence-electron chi connectivity index (χ4n) is 2.32. The Morgan fingerprint density at radius 1 is 1.09 bits per heavy atom. The molecule has 0 saturated carbocycles. The first-order valence-corrected chi connectivity index (χ1v) is 9.19. The quantitative estimate of drug-likeness (QED) is 0.744. The number of nitrogens with zero attached hydrogens (tertiary/aromatic N) is 2. The highest BCUT2D eigenvalue weighted by atomic mass is 35.5. The molecule has 0 spiro atoms.